The van der Waals surface area contributed by atoms with Gasteiger partial charge in [-0.25, -0.2) is 0 Å². The lowest BCUT2D eigenvalue weighted by atomic mass is 9.78. The van der Waals surface area contributed by atoms with Crippen LogP contribution in [-0.4, -0.2) is 53.9 Å². The number of likely N-dealkylation sites (tertiary alicyclic amines) is 1. The first kappa shape index (κ1) is 25.7. The molecule has 2 aliphatic rings. The molecule has 3 amide bonds. The fraction of sp³-hybridized carbons (Fsp3) is 0.483. The lowest BCUT2D eigenvalue weighted by molar-refractivity contribution is -0.140. The Morgan fingerprint density at radius 3 is 2.58 bits per heavy atom. The Morgan fingerprint density at radius 1 is 1.11 bits per heavy atom. The molecule has 0 radical (unpaired) electrons. The third kappa shape index (κ3) is 5.55. The third-order valence-corrected chi connectivity index (χ3v) is 7.48. The Kier molecular flexibility index (Phi) is 7.67. The molecule has 0 bridgehead atoms. The first-order chi connectivity index (χ1) is 17.2. The van der Waals surface area contributed by atoms with Crippen molar-refractivity contribution >= 4 is 17.7 Å². The van der Waals surface area contributed by atoms with Crippen LogP contribution in [0.4, 0.5) is 0 Å². The van der Waals surface area contributed by atoms with Crippen LogP contribution in [0.1, 0.15) is 63.0 Å². The zero-order valence-corrected chi connectivity index (χ0v) is 21.5. The van der Waals surface area contributed by atoms with E-state index in [2.05, 4.69) is 10.6 Å². The number of methoxy groups -OCH3 is 1. The lowest BCUT2D eigenvalue weighted by Crippen LogP contribution is -2.57. The van der Waals surface area contributed by atoms with Gasteiger partial charge in [0.15, 0.2) is 0 Å². The van der Waals surface area contributed by atoms with Crippen molar-refractivity contribution in [3.63, 3.8) is 0 Å². The van der Waals surface area contributed by atoms with Gasteiger partial charge >= 0.3 is 0 Å². The molecule has 2 fully saturated rings. The van der Waals surface area contributed by atoms with Crippen molar-refractivity contribution in [1.82, 2.24) is 15.5 Å². The van der Waals surface area contributed by atoms with Gasteiger partial charge in [-0.1, -0.05) is 55.0 Å². The number of benzene rings is 2. The van der Waals surface area contributed by atoms with Gasteiger partial charge in [-0.3, -0.25) is 14.4 Å². The molecule has 2 aromatic rings. The molecule has 7 heteroatoms. The van der Waals surface area contributed by atoms with Gasteiger partial charge < -0.3 is 20.3 Å². The first-order valence-electron chi connectivity index (χ1n) is 12.8. The number of amides is 3. The molecule has 0 saturated carbocycles. The first-order valence-corrected chi connectivity index (χ1v) is 12.8. The van der Waals surface area contributed by atoms with Gasteiger partial charge in [0.2, 0.25) is 17.7 Å². The predicted octanol–water partition coefficient (Wildman–Crippen LogP) is 3.58. The molecule has 4 rings (SSSR count). The zero-order chi connectivity index (χ0) is 25.8. The molecule has 192 valence electrons. The average molecular weight is 492 g/mol. The van der Waals surface area contributed by atoms with E-state index in [1.54, 1.807) is 25.9 Å². The Balaban J connectivity index is 1.53. The minimum atomic E-state index is -1.07. The highest BCUT2D eigenvalue weighted by molar-refractivity contribution is 5.91. The van der Waals surface area contributed by atoms with Crippen LogP contribution in [0.2, 0.25) is 0 Å². The Morgan fingerprint density at radius 2 is 1.83 bits per heavy atom. The molecular weight excluding hydrogens is 454 g/mol. The van der Waals surface area contributed by atoms with Gasteiger partial charge in [0, 0.05) is 37.4 Å². The molecule has 2 N–H and O–H groups in total. The molecule has 2 atom stereocenters. The second-order valence-electron chi connectivity index (χ2n) is 10.6. The van der Waals surface area contributed by atoms with E-state index in [0.717, 1.165) is 36.1 Å². The average Bonchev–Trinajstić information content (AvgIpc) is 3.12. The van der Waals surface area contributed by atoms with E-state index in [1.165, 1.54) is 0 Å². The fourth-order valence-electron chi connectivity index (χ4n) is 5.69. The lowest BCUT2D eigenvalue weighted by Gasteiger charge is -2.35. The third-order valence-electron chi connectivity index (χ3n) is 7.48. The molecule has 2 heterocycles. The van der Waals surface area contributed by atoms with Gasteiger partial charge in [-0.15, -0.1) is 0 Å². The number of hydrogen-bond acceptors (Lipinski definition) is 4. The van der Waals surface area contributed by atoms with Crippen LogP contribution in [-0.2, 0) is 20.8 Å². The van der Waals surface area contributed by atoms with Crippen LogP contribution in [0.3, 0.4) is 0 Å². The van der Waals surface area contributed by atoms with Crippen molar-refractivity contribution in [3.8, 4) is 5.75 Å². The summed E-state index contributed by atoms with van der Waals surface area (Å²) in [5.74, 6) is 0.364. The number of hydrogen-bond donors (Lipinski definition) is 2. The summed E-state index contributed by atoms with van der Waals surface area (Å²) in [5, 5.41) is 6.24. The number of nitrogens with zero attached hydrogens (tertiary/aromatic N) is 1. The van der Waals surface area contributed by atoms with E-state index < -0.39 is 11.1 Å². The Labute approximate surface area is 213 Å². The summed E-state index contributed by atoms with van der Waals surface area (Å²) in [7, 11) is 1.64. The van der Waals surface area contributed by atoms with Gasteiger partial charge in [-0.2, -0.15) is 0 Å². The Hall–Kier alpha value is -3.35. The van der Waals surface area contributed by atoms with E-state index in [4.69, 9.17) is 4.74 Å². The molecule has 2 saturated heterocycles. The van der Waals surface area contributed by atoms with Crippen LogP contribution >= 0.6 is 0 Å². The second-order valence-corrected chi connectivity index (χ2v) is 10.6. The highest BCUT2D eigenvalue weighted by atomic mass is 16.5. The van der Waals surface area contributed by atoms with E-state index in [1.807, 2.05) is 54.6 Å². The number of carbonyl (C=O) groups excluding carboxylic acids is 3. The van der Waals surface area contributed by atoms with Crippen molar-refractivity contribution in [2.45, 2.75) is 69.4 Å². The van der Waals surface area contributed by atoms with E-state index in [9.17, 15) is 14.4 Å². The van der Waals surface area contributed by atoms with Gasteiger partial charge in [0.25, 0.3) is 0 Å². The summed E-state index contributed by atoms with van der Waals surface area (Å²) < 4.78 is 5.66. The van der Waals surface area contributed by atoms with E-state index in [0.29, 0.717) is 32.4 Å². The molecule has 2 aromatic carbocycles. The molecule has 0 unspecified atom stereocenters. The van der Waals surface area contributed by atoms with Crippen LogP contribution < -0.4 is 15.4 Å². The van der Waals surface area contributed by atoms with Crippen molar-refractivity contribution < 1.29 is 19.1 Å². The number of rotatable bonds is 7. The number of para-hydroxylation sites is 1. The number of nitrogens with one attached hydrogen (secondary N) is 2. The summed E-state index contributed by atoms with van der Waals surface area (Å²) in [5.41, 5.74) is 0.439. The van der Waals surface area contributed by atoms with Gasteiger partial charge in [-0.05, 0) is 44.7 Å². The van der Waals surface area contributed by atoms with Crippen LogP contribution in [0.15, 0.2) is 54.6 Å². The molecule has 0 aromatic heterocycles. The topological polar surface area (TPSA) is 87.7 Å². The maximum Gasteiger partial charge on any atom is 0.247 e. The molecule has 36 heavy (non-hydrogen) atoms. The smallest absolute Gasteiger partial charge is 0.247 e. The zero-order valence-electron chi connectivity index (χ0n) is 21.5. The number of carbonyl (C=O) groups is 3. The van der Waals surface area contributed by atoms with Crippen LogP contribution in [0, 0.1) is 0 Å². The molecule has 0 aliphatic carbocycles. The normalized spacial score (nSPS) is 22.1. The van der Waals surface area contributed by atoms with E-state index in [-0.39, 0.29) is 23.6 Å². The largest absolute Gasteiger partial charge is 0.496 e. The summed E-state index contributed by atoms with van der Waals surface area (Å²) in [6.07, 6.45) is 3.96. The Bertz CT molecular complexity index is 1100. The van der Waals surface area contributed by atoms with Gasteiger partial charge in [0.1, 0.15) is 11.3 Å². The maximum absolute atomic E-state index is 13.8. The molecular formula is C29H37N3O4. The minimum absolute atomic E-state index is 0.0233. The summed E-state index contributed by atoms with van der Waals surface area (Å²) in [4.78, 5) is 41.0. The summed E-state index contributed by atoms with van der Waals surface area (Å²) in [6, 6.07) is 17.7. The SMILES string of the molecule is COc1ccccc1[C@@H]1CN(C(=O)C(C)(C)NC(=O)CCc2ccccc2)C[C@]12CCCCC(=O)N2. The highest BCUT2D eigenvalue weighted by Gasteiger charge is 2.52. The molecule has 2 aliphatic heterocycles. The standard InChI is InChI=1S/C29H37N3O4/c1-28(2,30-26(34)17-16-21-11-5-4-6-12-21)27(35)32-19-23(22-13-7-8-14-24(22)36-3)29(20-32)18-10-9-15-25(33)31-29/h4-8,11-14,23H,9-10,15-20H2,1-3H3,(H,30,34)(H,31,33)/t23-,29+/m0/s1. The summed E-state index contributed by atoms with van der Waals surface area (Å²) in [6.45, 7) is 4.36. The predicted molar refractivity (Wildman–Crippen MR) is 139 cm³/mol. The monoisotopic (exact) mass is 491 g/mol. The van der Waals surface area contributed by atoms with Crippen molar-refractivity contribution in [1.29, 1.82) is 0 Å². The van der Waals surface area contributed by atoms with E-state index >= 15 is 0 Å². The quantitative estimate of drug-likeness (QED) is 0.620. The number of aryl methyl sites for hydroxylation is 1. The van der Waals surface area contributed by atoms with Gasteiger partial charge in [0.05, 0.1) is 12.6 Å². The minimum Gasteiger partial charge on any atom is -0.496 e. The van der Waals surface area contributed by atoms with Crippen LogP contribution in [0.25, 0.3) is 0 Å². The maximum atomic E-state index is 13.8. The highest BCUT2D eigenvalue weighted by Crippen LogP contribution is 2.44. The fourth-order valence-corrected chi connectivity index (χ4v) is 5.69. The molecule has 7 nitrogen and oxygen atoms in total. The van der Waals surface area contributed by atoms with Crippen LogP contribution in [0.5, 0.6) is 5.75 Å². The second kappa shape index (κ2) is 10.7. The van der Waals surface area contributed by atoms with Crippen molar-refractivity contribution in [3.05, 3.63) is 65.7 Å². The van der Waals surface area contributed by atoms with Crippen molar-refractivity contribution in [2.75, 3.05) is 20.2 Å². The van der Waals surface area contributed by atoms with Crippen molar-refractivity contribution in [2.24, 2.45) is 0 Å². The molecule has 1 spiro atoms. The summed E-state index contributed by atoms with van der Waals surface area (Å²) >= 11 is 0. The number of ether oxygens (including phenoxy) is 1.